The summed E-state index contributed by atoms with van der Waals surface area (Å²) in [6.07, 6.45) is 14.2. The van der Waals surface area contributed by atoms with Gasteiger partial charge in [-0.05, 0) is 6.42 Å². The van der Waals surface area contributed by atoms with Gasteiger partial charge in [-0.1, -0.05) is 51.9 Å². The predicted octanol–water partition coefficient (Wildman–Crippen LogP) is 3.07. The third kappa shape index (κ3) is 5.19. The summed E-state index contributed by atoms with van der Waals surface area (Å²) in [7, 11) is 2.01. The second-order valence-electron chi connectivity index (χ2n) is 5.03. The monoisotopic (exact) mass is 252 g/mol. The first-order chi connectivity index (χ1) is 8.79. The quantitative estimate of drug-likeness (QED) is 0.382. The zero-order valence-corrected chi connectivity index (χ0v) is 11.9. The van der Waals surface area contributed by atoms with Gasteiger partial charge in [0.1, 0.15) is 5.82 Å². The Hall–Kier alpha value is -0.870. The number of nitrogens with two attached hydrogens (primary N) is 1. The second kappa shape index (κ2) is 9.11. The van der Waals surface area contributed by atoms with Crippen LogP contribution in [-0.2, 0) is 7.05 Å². The van der Waals surface area contributed by atoms with Gasteiger partial charge in [0.2, 0.25) is 0 Å². The summed E-state index contributed by atoms with van der Waals surface area (Å²) < 4.78 is 2.03. The van der Waals surface area contributed by atoms with Crippen LogP contribution in [-0.4, -0.2) is 9.55 Å². The van der Waals surface area contributed by atoms with Crippen LogP contribution in [0.3, 0.4) is 0 Å². The van der Waals surface area contributed by atoms with Crippen LogP contribution < -0.4 is 11.3 Å². The molecular weight excluding hydrogens is 224 g/mol. The third-order valence-electron chi connectivity index (χ3n) is 3.47. The number of aromatic nitrogens is 2. The number of nitrogens with zero attached hydrogens (tertiary/aromatic N) is 2. The van der Waals surface area contributed by atoms with Crippen molar-refractivity contribution in [3.63, 3.8) is 0 Å². The van der Waals surface area contributed by atoms with Gasteiger partial charge in [0.15, 0.2) is 0 Å². The molecule has 0 aliphatic carbocycles. The highest BCUT2D eigenvalue weighted by atomic mass is 15.3. The Bertz CT molecular complexity index is 308. The van der Waals surface area contributed by atoms with Crippen molar-refractivity contribution in [2.24, 2.45) is 12.9 Å². The van der Waals surface area contributed by atoms with Crippen molar-refractivity contribution in [2.45, 2.75) is 64.3 Å². The molecule has 0 fully saturated rings. The second-order valence-corrected chi connectivity index (χ2v) is 5.03. The molecule has 1 unspecified atom stereocenters. The van der Waals surface area contributed by atoms with Gasteiger partial charge in [-0.2, -0.15) is 0 Å². The topological polar surface area (TPSA) is 55.9 Å². The summed E-state index contributed by atoms with van der Waals surface area (Å²) in [5.41, 5.74) is 2.87. The highest BCUT2D eigenvalue weighted by Gasteiger charge is 2.13. The molecule has 0 aliphatic rings. The average molecular weight is 252 g/mol. The van der Waals surface area contributed by atoms with Crippen molar-refractivity contribution in [1.82, 2.24) is 15.0 Å². The zero-order valence-electron chi connectivity index (χ0n) is 11.9. The molecule has 0 aromatic carbocycles. The van der Waals surface area contributed by atoms with Gasteiger partial charge in [-0.25, -0.2) is 10.4 Å². The Labute approximate surface area is 111 Å². The minimum atomic E-state index is 0.181. The Balaban J connectivity index is 2.15. The molecule has 1 aromatic rings. The van der Waals surface area contributed by atoms with Gasteiger partial charge in [0.25, 0.3) is 0 Å². The lowest BCUT2D eigenvalue weighted by Gasteiger charge is -2.15. The molecule has 104 valence electrons. The summed E-state index contributed by atoms with van der Waals surface area (Å²) in [6.45, 7) is 2.25. The SMILES string of the molecule is CCCCCCCCCC(NN)c1nccn1C. The molecule has 1 atom stereocenters. The van der Waals surface area contributed by atoms with E-state index >= 15 is 0 Å². The normalized spacial score (nSPS) is 12.8. The molecule has 0 aliphatic heterocycles. The highest BCUT2D eigenvalue weighted by Crippen LogP contribution is 2.17. The summed E-state index contributed by atoms with van der Waals surface area (Å²) in [6, 6.07) is 0.181. The number of imidazole rings is 1. The molecule has 3 N–H and O–H groups in total. The number of unbranched alkanes of at least 4 members (excludes halogenated alkanes) is 6. The Morgan fingerprint density at radius 2 is 1.89 bits per heavy atom. The molecule has 0 bridgehead atoms. The number of rotatable bonds is 10. The lowest BCUT2D eigenvalue weighted by Crippen LogP contribution is -2.30. The molecule has 4 nitrogen and oxygen atoms in total. The summed E-state index contributed by atoms with van der Waals surface area (Å²) >= 11 is 0. The molecule has 18 heavy (non-hydrogen) atoms. The fourth-order valence-corrected chi connectivity index (χ4v) is 2.31. The molecule has 1 aromatic heterocycles. The molecule has 4 heteroatoms. The molecule has 0 amide bonds. The van der Waals surface area contributed by atoms with Gasteiger partial charge in [0.05, 0.1) is 6.04 Å². The van der Waals surface area contributed by atoms with E-state index in [0.717, 1.165) is 12.2 Å². The number of hydrogen-bond acceptors (Lipinski definition) is 3. The van der Waals surface area contributed by atoms with E-state index in [-0.39, 0.29) is 6.04 Å². The van der Waals surface area contributed by atoms with E-state index in [0.29, 0.717) is 0 Å². The number of nitrogens with one attached hydrogen (secondary N) is 1. The van der Waals surface area contributed by atoms with Crippen LogP contribution in [0.25, 0.3) is 0 Å². The lowest BCUT2D eigenvalue weighted by atomic mass is 10.0. The molecular formula is C14H28N4. The van der Waals surface area contributed by atoms with Crippen LogP contribution in [0.5, 0.6) is 0 Å². The van der Waals surface area contributed by atoms with E-state index in [4.69, 9.17) is 5.84 Å². The van der Waals surface area contributed by atoms with Crippen molar-refractivity contribution in [1.29, 1.82) is 0 Å². The van der Waals surface area contributed by atoms with Crippen molar-refractivity contribution >= 4 is 0 Å². The van der Waals surface area contributed by atoms with Crippen LogP contribution in [0, 0.1) is 0 Å². The van der Waals surface area contributed by atoms with Gasteiger partial charge < -0.3 is 4.57 Å². The standard InChI is InChI=1S/C14H28N4/c1-3-4-5-6-7-8-9-10-13(17-15)14-16-11-12-18(14)2/h11-13,17H,3-10,15H2,1-2H3. The first kappa shape index (κ1) is 15.2. The molecule has 1 rings (SSSR count). The fraction of sp³-hybridized carbons (Fsp3) is 0.786. The first-order valence-electron chi connectivity index (χ1n) is 7.23. The largest absolute Gasteiger partial charge is 0.337 e. The van der Waals surface area contributed by atoms with Gasteiger partial charge in [-0.15, -0.1) is 0 Å². The van der Waals surface area contributed by atoms with E-state index in [1.54, 1.807) is 0 Å². The highest BCUT2D eigenvalue weighted by molar-refractivity contribution is 4.97. The molecule has 0 radical (unpaired) electrons. The maximum absolute atomic E-state index is 5.61. The predicted molar refractivity (Wildman–Crippen MR) is 75.9 cm³/mol. The van der Waals surface area contributed by atoms with Crippen LogP contribution in [0.1, 0.15) is 70.2 Å². The molecule has 1 heterocycles. The fourth-order valence-electron chi connectivity index (χ4n) is 2.31. The average Bonchev–Trinajstić information content (AvgIpc) is 2.79. The van der Waals surface area contributed by atoms with Crippen molar-refractivity contribution in [3.8, 4) is 0 Å². The zero-order chi connectivity index (χ0) is 13.2. The summed E-state index contributed by atoms with van der Waals surface area (Å²) in [4.78, 5) is 4.35. The molecule has 0 saturated carbocycles. The van der Waals surface area contributed by atoms with Gasteiger partial charge in [0, 0.05) is 19.4 Å². The Morgan fingerprint density at radius 3 is 2.44 bits per heavy atom. The number of aryl methyl sites for hydroxylation is 1. The lowest BCUT2D eigenvalue weighted by molar-refractivity contribution is 0.448. The Morgan fingerprint density at radius 1 is 1.22 bits per heavy atom. The van der Waals surface area contributed by atoms with Gasteiger partial charge in [-0.3, -0.25) is 5.84 Å². The van der Waals surface area contributed by atoms with Gasteiger partial charge >= 0.3 is 0 Å². The van der Waals surface area contributed by atoms with E-state index in [9.17, 15) is 0 Å². The minimum Gasteiger partial charge on any atom is -0.337 e. The van der Waals surface area contributed by atoms with E-state index in [1.165, 1.54) is 44.9 Å². The smallest absolute Gasteiger partial charge is 0.126 e. The summed E-state index contributed by atoms with van der Waals surface area (Å²) in [5, 5.41) is 0. The minimum absolute atomic E-state index is 0.181. The maximum Gasteiger partial charge on any atom is 0.126 e. The maximum atomic E-state index is 5.61. The number of hydrazine groups is 1. The van der Waals surface area contributed by atoms with Crippen LogP contribution in [0.15, 0.2) is 12.4 Å². The summed E-state index contributed by atoms with van der Waals surface area (Å²) in [5.74, 6) is 6.64. The first-order valence-corrected chi connectivity index (χ1v) is 7.23. The van der Waals surface area contributed by atoms with Crippen molar-refractivity contribution in [3.05, 3.63) is 18.2 Å². The van der Waals surface area contributed by atoms with Crippen molar-refractivity contribution < 1.29 is 0 Å². The third-order valence-corrected chi connectivity index (χ3v) is 3.47. The van der Waals surface area contributed by atoms with E-state index < -0.39 is 0 Å². The van der Waals surface area contributed by atoms with E-state index in [1.807, 2.05) is 24.0 Å². The van der Waals surface area contributed by atoms with Crippen LogP contribution >= 0.6 is 0 Å². The van der Waals surface area contributed by atoms with Crippen LogP contribution in [0.4, 0.5) is 0 Å². The Kier molecular flexibility index (Phi) is 7.69. The molecule has 0 saturated heterocycles. The van der Waals surface area contributed by atoms with Crippen molar-refractivity contribution in [2.75, 3.05) is 0 Å². The van der Waals surface area contributed by atoms with E-state index in [2.05, 4.69) is 17.3 Å². The van der Waals surface area contributed by atoms with Crippen LogP contribution in [0.2, 0.25) is 0 Å². The number of hydrogen-bond donors (Lipinski definition) is 2. The molecule has 0 spiro atoms.